The minimum atomic E-state index is -0.544. The van der Waals surface area contributed by atoms with Gasteiger partial charge in [-0.05, 0) is 47.9 Å². The SMILES string of the molecule is c1ccc(OC(c2csc(C3CCCCN3c3ncccn3)n2)n2cnnn2)cc1. The second kappa shape index (κ2) is 8.54. The standard InChI is InChI=1S/C20H20N8OS/c1-2-7-15(8-3-1)29-19(28-14-23-25-26-28)16-13-30-18(24-16)17-9-4-5-12-27(17)20-21-10-6-11-22-20/h1-3,6-8,10-11,13-14,17,19H,4-5,9,12H2. The van der Waals surface area contributed by atoms with Crippen LogP contribution in [0.4, 0.5) is 5.95 Å². The van der Waals surface area contributed by atoms with E-state index >= 15 is 0 Å². The lowest BCUT2D eigenvalue weighted by molar-refractivity contribution is 0.152. The van der Waals surface area contributed by atoms with Gasteiger partial charge in [0.2, 0.25) is 12.2 Å². The van der Waals surface area contributed by atoms with Crippen molar-refractivity contribution >= 4 is 17.3 Å². The fraction of sp³-hybridized carbons (Fsp3) is 0.300. The molecule has 4 aromatic rings. The Kier molecular flexibility index (Phi) is 5.30. The molecule has 0 saturated carbocycles. The predicted octanol–water partition coefficient (Wildman–Crippen LogP) is 3.28. The lowest BCUT2D eigenvalue weighted by atomic mass is 10.0. The van der Waals surface area contributed by atoms with Gasteiger partial charge in [0, 0.05) is 24.3 Å². The molecule has 2 atom stereocenters. The minimum Gasteiger partial charge on any atom is -0.463 e. The van der Waals surface area contributed by atoms with Crippen LogP contribution in [-0.2, 0) is 0 Å². The Labute approximate surface area is 177 Å². The first-order valence-electron chi connectivity index (χ1n) is 9.81. The van der Waals surface area contributed by atoms with Gasteiger partial charge in [-0.25, -0.2) is 15.0 Å². The number of aromatic nitrogens is 7. The number of piperidine rings is 1. The van der Waals surface area contributed by atoms with Crippen molar-refractivity contribution in [2.24, 2.45) is 0 Å². The fourth-order valence-corrected chi connectivity index (χ4v) is 4.56. The topological polar surface area (TPSA) is 94.7 Å². The van der Waals surface area contributed by atoms with Crippen LogP contribution in [0.2, 0.25) is 0 Å². The van der Waals surface area contributed by atoms with Crippen LogP contribution >= 0.6 is 11.3 Å². The second-order valence-electron chi connectivity index (χ2n) is 6.94. The highest BCUT2D eigenvalue weighted by molar-refractivity contribution is 7.09. The summed E-state index contributed by atoms with van der Waals surface area (Å²) in [6.07, 6.45) is 7.85. The highest BCUT2D eigenvalue weighted by Gasteiger charge is 2.30. The normalized spacial score (nSPS) is 17.6. The van der Waals surface area contributed by atoms with E-state index in [9.17, 15) is 0 Å². The summed E-state index contributed by atoms with van der Waals surface area (Å²) in [5.41, 5.74) is 0.769. The average Bonchev–Trinajstić information content (AvgIpc) is 3.52. The van der Waals surface area contributed by atoms with Crippen LogP contribution in [0, 0.1) is 0 Å². The molecule has 0 radical (unpaired) electrons. The average molecular weight is 421 g/mol. The molecule has 1 aliphatic heterocycles. The molecule has 152 valence electrons. The van der Waals surface area contributed by atoms with Gasteiger partial charge in [-0.3, -0.25) is 0 Å². The largest absolute Gasteiger partial charge is 0.463 e. The molecule has 9 nitrogen and oxygen atoms in total. The summed E-state index contributed by atoms with van der Waals surface area (Å²) < 4.78 is 7.76. The van der Waals surface area contributed by atoms with E-state index in [0.717, 1.165) is 48.2 Å². The van der Waals surface area contributed by atoms with Gasteiger partial charge in [-0.2, -0.15) is 4.68 Å². The number of para-hydroxylation sites is 1. The van der Waals surface area contributed by atoms with E-state index < -0.39 is 6.23 Å². The summed E-state index contributed by atoms with van der Waals surface area (Å²) in [5, 5.41) is 14.6. The minimum absolute atomic E-state index is 0.145. The molecule has 0 aliphatic carbocycles. The van der Waals surface area contributed by atoms with E-state index in [-0.39, 0.29) is 6.04 Å². The van der Waals surface area contributed by atoms with Gasteiger partial charge < -0.3 is 9.64 Å². The third-order valence-electron chi connectivity index (χ3n) is 4.99. The maximum absolute atomic E-state index is 6.18. The molecule has 3 aromatic heterocycles. The monoisotopic (exact) mass is 420 g/mol. The lowest BCUT2D eigenvalue weighted by Gasteiger charge is -2.34. The van der Waals surface area contributed by atoms with Gasteiger partial charge in [0.1, 0.15) is 22.8 Å². The van der Waals surface area contributed by atoms with E-state index in [0.29, 0.717) is 0 Å². The molecule has 1 fully saturated rings. The molecule has 0 N–H and O–H groups in total. The molecular formula is C20H20N8OS. The molecule has 4 heterocycles. The quantitative estimate of drug-likeness (QED) is 0.469. The van der Waals surface area contributed by atoms with Crippen LogP contribution in [0.5, 0.6) is 5.75 Å². The van der Waals surface area contributed by atoms with Crippen molar-refractivity contribution in [2.45, 2.75) is 31.5 Å². The Morgan fingerprint density at radius 1 is 1.07 bits per heavy atom. The highest BCUT2D eigenvalue weighted by Crippen LogP contribution is 2.36. The van der Waals surface area contributed by atoms with Gasteiger partial charge in [0.25, 0.3) is 0 Å². The first-order valence-corrected chi connectivity index (χ1v) is 10.7. The summed E-state index contributed by atoms with van der Waals surface area (Å²) >= 11 is 1.62. The zero-order valence-electron chi connectivity index (χ0n) is 16.2. The molecule has 1 aromatic carbocycles. The summed E-state index contributed by atoms with van der Waals surface area (Å²) in [7, 11) is 0. The van der Waals surface area contributed by atoms with Crippen molar-refractivity contribution < 1.29 is 4.74 Å². The van der Waals surface area contributed by atoms with Crippen molar-refractivity contribution in [1.29, 1.82) is 0 Å². The summed E-state index contributed by atoms with van der Waals surface area (Å²) in [5.74, 6) is 1.47. The van der Waals surface area contributed by atoms with Crippen LogP contribution in [0.15, 0.2) is 60.5 Å². The van der Waals surface area contributed by atoms with Crippen molar-refractivity contribution in [2.75, 3.05) is 11.4 Å². The maximum Gasteiger partial charge on any atom is 0.238 e. The van der Waals surface area contributed by atoms with Crippen molar-refractivity contribution in [3.05, 3.63) is 71.2 Å². The number of anilines is 1. The van der Waals surface area contributed by atoms with E-state index in [1.54, 1.807) is 28.4 Å². The zero-order valence-corrected chi connectivity index (χ0v) is 17.0. The Bertz CT molecular complexity index is 1060. The number of rotatable bonds is 6. The summed E-state index contributed by atoms with van der Waals surface area (Å²) in [6, 6.07) is 11.6. The molecule has 1 aliphatic rings. The van der Waals surface area contributed by atoms with Crippen LogP contribution in [0.1, 0.15) is 42.2 Å². The smallest absolute Gasteiger partial charge is 0.238 e. The van der Waals surface area contributed by atoms with E-state index in [1.807, 2.05) is 41.8 Å². The van der Waals surface area contributed by atoms with Crippen LogP contribution < -0.4 is 9.64 Å². The Balaban J connectivity index is 1.45. The maximum atomic E-state index is 6.18. The van der Waals surface area contributed by atoms with Gasteiger partial charge in [-0.1, -0.05) is 18.2 Å². The number of nitrogens with zero attached hydrogens (tertiary/aromatic N) is 8. The Morgan fingerprint density at radius 3 is 2.73 bits per heavy atom. The van der Waals surface area contributed by atoms with E-state index in [1.165, 1.54) is 6.33 Å². The third kappa shape index (κ3) is 3.86. The summed E-state index contributed by atoms with van der Waals surface area (Å²) in [6.45, 7) is 0.917. The lowest BCUT2D eigenvalue weighted by Crippen LogP contribution is -2.34. The van der Waals surface area contributed by atoms with Crippen LogP contribution in [0.25, 0.3) is 0 Å². The van der Waals surface area contributed by atoms with E-state index in [2.05, 4.69) is 30.4 Å². The number of benzene rings is 1. The molecule has 0 spiro atoms. The number of hydrogen-bond acceptors (Lipinski definition) is 9. The number of tetrazole rings is 1. The number of ether oxygens (including phenoxy) is 1. The molecule has 5 rings (SSSR count). The number of thiazole rings is 1. The third-order valence-corrected chi connectivity index (χ3v) is 5.95. The molecule has 0 bridgehead atoms. The summed E-state index contributed by atoms with van der Waals surface area (Å²) in [4.78, 5) is 16.1. The Morgan fingerprint density at radius 2 is 1.93 bits per heavy atom. The molecule has 1 saturated heterocycles. The van der Waals surface area contributed by atoms with Crippen LogP contribution in [0.3, 0.4) is 0 Å². The van der Waals surface area contributed by atoms with Crippen molar-refractivity contribution in [3.8, 4) is 5.75 Å². The molecule has 2 unspecified atom stereocenters. The fourth-order valence-electron chi connectivity index (χ4n) is 3.59. The van der Waals surface area contributed by atoms with Crippen molar-refractivity contribution in [3.63, 3.8) is 0 Å². The van der Waals surface area contributed by atoms with Gasteiger partial charge in [-0.15, -0.1) is 16.4 Å². The second-order valence-corrected chi connectivity index (χ2v) is 7.83. The highest BCUT2D eigenvalue weighted by atomic mass is 32.1. The molecular weight excluding hydrogens is 400 g/mol. The van der Waals surface area contributed by atoms with E-state index in [4.69, 9.17) is 9.72 Å². The molecule has 10 heteroatoms. The first-order chi connectivity index (χ1) is 14.9. The zero-order chi connectivity index (χ0) is 20.2. The van der Waals surface area contributed by atoms with Crippen LogP contribution in [-0.4, -0.2) is 41.7 Å². The Hall–Kier alpha value is -3.40. The van der Waals surface area contributed by atoms with Gasteiger partial charge >= 0.3 is 0 Å². The van der Waals surface area contributed by atoms with Crippen molar-refractivity contribution in [1.82, 2.24) is 35.2 Å². The van der Waals surface area contributed by atoms with Gasteiger partial charge in [0.15, 0.2) is 0 Å². The predicted molar refractivity (Wildman–Crippen MR) is 111 cm³/mol. The molecule has 30 heavy (non-hydrogen) atoms. The number of hydrogen-bond donors (Lipinski definition) is 0. The first kappa shape index (κ1) is 18.6. The molecule has 0 amide bonds. The van der Waals surface area contributed by atoms with Gasteiger partial charge in [0.05, 0.1) is 6.04 Å².